The molecule has 19 heavy (non-hydrogen) atoms. The molecule has 0 aliphatic carbocycles. The monoisotopic (exact) mass is 252 g/mol. The Labute approximate surface area is 114 Å². The van der Waals surface area contributed by atoms with Crippen LogP contribution in [0.15, 0.2) is 42.5 Å². The zero-order chi connectivity index (χ0) is 13.2. The molecule has 0 bridgehead atoms. The molecule has 98 valence electrons. The van der Waals surface area contributed by atoms with Crippen LogP contribution in [0.2, 0.25) is 0 Å². The van der Waals surface area contributed by atoms with Gasteiger partial charge in [0, 0.05) is 25.3 Å². The molecule has 3 rings (SSSR count). The first-order valence-electron chi connectivity index (χ1n) is 6.86. The lowest BCUT2D eigenvalue weighted by molar-refractivity contribution is 0.246. The predicted molar refractivity (Wildman–Crippen MR) is 79.9 cm³/mol. The smallest absolute Gasteiger partial charge is 0.0350 e. The van der Waals surface area contributed by atoms with Gasteiger partial charge in [-0.15, -0.1) is 0 Å². The second-order valence-electron chi connectivity index (χ2n) is 5.43. The number of anilines is 1. The summed E-state index contributed by atoms with van der Waals surface area (Å²) in [4.78, 5) is 2.49. The SMILES string of the molecule is Cc1ccc(CN2CCc3c(N)cccc3C2)cc1. The van der Waals surface area contributed by atoms with Crippen molar-refractivity contribution in [3.63, 3.8) is 0 Å². The minimum absolute atomic E-state index is 0.951. The molecular formula is C17H20N2. The molecule has 0 fully saturated rings. The van der Waals surface area contributed by atoms with Crippen LogP contribution in [0.5, 0.6) is 0 Å². The van der Waals surface area contributed by atoms with Crippen LogP contribution in [0.3, 0.4) is 0 Å². The van der Waals surface area contributed by atoms with Crippen molar-refractivity contribution in [1.29, 1.82) is 0 Å². The van der Waals surface area contributed by atoms with Crippen LogP contribution in [0.4, 0.5) is 5.69 Å². The van der Waals surface area contributed by atoms with E-state index in [4.69, 9.17) is 5.73 Å². The van der Waals surface area contributed by atoms with Crippen LogP contribution in [0.1, 0.15) is 22.3 Å². The zero-order valence-electron chi connectivity index (χ0n) is 11.4. The van der Waals surface area contributed by atoms with Crippen molar-refractivity contribution in [2.45, 2.75) is 26.4 Å². The molecule has 2 N–H and O–H groups in total. The van der Waals surface area contributed by atoms with Gasteiger partial charge in [0.05, 0.1) is 0 Å². The maximum absolute atomic E-state index is 6.04. The van der Waals surface area contributed by atoms with Gasteiger partial charge >= 0.3 is 0 Å². The number of hydrogen-bond acceptors (Lipinski definition) is 2. The van der Waals surface area contributed by atoms with Crippen molar-refractivity contribution in [1.82, 2.24) is 4.90 Å². The fourth-order valence-electron chi connectivity index (χ4n) is 2.78. The Kier molecular flexibility index (Phi) is 3.26. The first-order valence-corrected chi connectivity index (χ1v) is 6.86. The average Bonchev–Trinajstić information content (AvgIpc) is 2.42. The van der Waals surface area contributed by atoms with Crippen LogP contribution in [0, 0.1) is 6.92 Å². The summed E-state index contributed by atoms with van der Waals surface area (Å²) in [6.07, 6.45) is 1.06. The molecular weight excluding hydrogens is 232 g/mol. The molecule has 2 aromatic rings. The first kappa shape index (κ1) is 12.2. The summed E-state index contributed by atoms with van der Waals surface area (Å²) in [6, 6.07) is 15.1. The quantitative estimate of drug-likeness (QED) is 0.832. The number of nitrogens with zero attached hydrogens (tertiary/aromatic N) is 1. The van der Waals surface area contributed by atoms with Gasteiger partial charge in [-0.2, -0.15) is 0 Å². The molecule has 1 aliphatic rings. The number of benzene rings is 2. The van der Waals surface area contributed by atoms with E-state index in [0.717, 1.165) is 31.7 Å². The summed E-state index contributed by atoms with van der Waals surface area (Å²) < 4.78 is 0. The molecule has 1 heterocycles. The van der Waals surface area contributed by atoms with E-state index in [1.807, 2.05) is 6.07 Å². The van der Waals surface area contributed by atoms with E-state index in [1.165, 1.54) is 22.3 Å². The predicted octanol–water partition coefficient (Wildman–Crippen LogP) is 3.14. The number of nitrogen functional groups attached to an aromatic ring is 1. The van der Waals surface area contributed by atoms with Gasteiger partial charge in [-0.3, -0.25) is 4.90 Å². The highest BCUT2D eigenvalue weighted by Gasteiger charge is 2.17. The van der Waals surface area contributed by atoms with Crippen molar-refractivity contribution in [2.24, 2.45) is 0 Å². The van der Waals surface area contributed by atoms with Gasteiger partial charge in [0.2, 0.25) is 0 Å². The Morgan fingerprint density at radius 1 is 1.11 bits per heavy atom. The van der Waals surface area contributed by atoms with Gasteiger partial charge in [-0.1, -0.05) is 42.0 Å². The molecule has 0 atom stereocenters. The summed E-state index contributed by atoms with van der Waals surface area (Å²) in [5, 5.41) is 0. The van der Waals surface area contributed by atoms with E-state index in [9.17, 15) is 0 Å². The van der Waals surface area contributed by atoms with E-state index in [-0.39, 0.29) is 0 Å². The Balaban J connectivity index is 1.74. The highest BCUT2D eigenvalue weighted by molar-refractivity contribution is 5.51. The normalized spacial score (nSPS) is 15.2. The third kappa shape index (κ3) is 2.64. The highest BCUT2D eigenvalue weighted by Crippen LogP contribution is 2.25. The minimum atomic E-state index is 0.951. The Morgan fingerprint density at radius 3 is 2.68 bits per heavy atom. The van der Waals surface area contributed by atoms with Gasteiger partial charge in [-0.05, 0) is 36.1 Å². The van der Waals surface area contributed by atoms with Gasteiger partial charge < -0.3 is 5.73 Å². The minimum Gasteiger partial charge on any atom is -0.398 e. The second-order valence-corrected chi connectivity index (χ2v) is 5.43. The molecule has 0 amide bonds. The van der Waals surface area contributed by atoms with Crippen molar-refractivity contribution in [3.8, 4) is 0 Å². The molecule has 0 unspecified atom stereocenters. The molecule has 2 nitrogen and oxygen atoms in total. The topological polar surface area (TPSA) is 29.3 Å². The number of aryl methyl sites for hydroxylation is 1. The maximum atomic E-state index is 6.04. The molecule has 0 aromatic heterocycles. The third-order valence-electron chi connectivity index (χ3n) is 3.91. The lowest BCUT2D eigenvalue weighted by Gasteiger charge is -2.29. The van der Waals surface area contributed by atoms with E-state index in [1.54, 1.807) is 0 Å². The van der Waals surface area contributed by atoms with Crippen LogP contribution in [-0.4, -0.2) is 11.4 Å². The van der Waals surface area contributed by atoms with Crippen molar-refractivity contribution >= 4 is 5.69 Å². The summed E-state index contributed by atoms with van der Waals surface area (Å²) in [6.45, 7) is 5.25. The zero-order valence-corrected chi connectivity index (χ0v) is 11.4. The molecule has 2 heteroatoms. The Hall–Kier alpha value is -1.80. The molecule has 0 saturated carbocycles. The van der Waals surface area contributed by atoms with E-state index >= 15 is 0 Å². The van der Waals surface area contributed by atoms with Gasteiger partial charge in [-0.25, -0.2) is 0 Å². The second kappa shape index (κ2) is 5.06. The number of rotatable bonds is 2. The maximum Gasteiger partial charge on any atom is 0.0350 e. The lowest BCUT2D eigenvalue weighted by atomic mass is 9.97. The molecule has 0 radical (unpaired) electrons. The Bertz CT molecular complexity index is 572. The summed E-state index contributed by atoms with van der Waals surface area (Å²) >= 11 is 0. The average molecular weight is 252 g/mol. The number of fused-ring (bicyclic) bond motifs is 1. The van der Waals surface area contributed by atoms with E-state index in [2.05, 4.69) is 48.2 Å². The van der Waals surface area contributed by atoms with Crippen molar-refractivity contribution < 1.29 is 0 Å². The lowest BCUT2D eigenvalue weighted by Crippen LogP contribution is -2.30. The molecule has 2 aromatic carbocycles. The molecule has 0 saturated heterocycles. The Morgan fingerprint density at radius 2 is 1.89 bits per heavy atom. The van der Waals surface area contributed by atoms with E-state index < -0.39 is 0 Å². The number of hydrogen-bond donors (Lipinski definition) is 1. The van der Waals surface area contributed by atoms with Crippen LogP contribution in [-0.2, 0) is 19.5 Å². The number of nitrogens with two attached hydrogens (primary N) is 1. The van der Waals surface area contributed by atoms with Crippen LogP contribution in [0.25, 0.3) is 0 Å². The van der Waals surface area contributed by atoms with Crippen molar-refractivity contribution in [2.75, 3.05) is 12.3 Å². The first-order chi connectivity index (χ1) is 9.22. The fraction of sp³-hybridized carbons (Fsp3) is 0.294. The summed E-state index contributed by atoms with van der Waals surface area (Å²) in [5.74, 6) is 0. The van der Waals surface area contributed by atoms with E-state index in [0.29, 0.717) is 0 Å². The van der Waals surface area contributed by atoms with Crippen LogP contribution < -0.4 is 5.73 Å². The van der Waals surface area contributed by atoms with Gasteiger partial charge in [0.25, 0.3) is 0 Å². The third-order valence-corrected chi connectivity index (χ3v) is 3.91. The summed E-state index contributed by atoms with van der Waals surface area (Å²) in [7, 11) is 0. The van der Waals surface area contributed by atoms with Crippen molar-refractivity contribution in [3.05, 3.63) is 64.7 Å². The van der Waals surface area contributed by atoms with Gasteiger partial charge in [0.1, 0.15) is 0 Å². The van der Waals surface area contributed by atoms with Gasteiger partial charge in [0.15, 0.2) is 0 Å². The molecule has 0 spiro atoms. The molecule has 1 aliphatic heterocycles. The standard InChI is InChI=1S/C17H20N2/c1-13-5-7-14(8-6-13)11-19-10-9-16-15(12-19)3-2-4-17(16)18/h2-8H,9-12,18H2,1H3. The summed E-state index contributed by atoms with van der Waals surface area (Å²) in [5.41, 5.74) is 12.4. The van der Waals surface area contributed by atoms with Crippen LogP contribution >= 0.6 is 0 Å². The highest BCUT2D eigenvalue weighted by atomic mass is 15.1. The fourth-order valence-corrected chi connectivity index (χ4v) is 2.78. The largest absolute Gasteiger partial charge is 0.398 e.